The Morgan fingerprint density at radius 3 is 2.78 bits per heavy atom. The molecule has 0 aliphatic carbocycles. The van der Waals surface area contributed by atoms with Crippen LogP contribution in [0, 0.1) is 0 Å². The molecule has 0 atom stereocenters. The average Bonchev–Trinajstić information content (AvgIpc) is 3.20. The number of amides is 1. The number of carbonyl (C=O) groups is 1. The van der Waals surface area contributed by atoms with Gasteiger partial charge in [-0.2, -0.15) is 0 Å². The number of nitrogens with one attached hydrogen (secondary N) is 1. The third kappa shape index (κ3) is 3.16. The molecule has 0 unspecified atom stereocenters. The summed E-state index contributed by atoms with van der Waals surface area (Å²) in [7, 11) is 0. The molecule has 1 amide bonds. The molecule has 1 saturated heterocycles. The number of nitrogens with zero attached hydrogens (tertiary/aromatic N) is 4. The number of rotatable bonds is 4. The van der Waals surface area contributed by atoms with Crippen molar-refractivity contribution in [2.75, 3.05) is 26.2 Å². The van der Waals surface area contributed by atoms with Crippen LogP contribution in [-0.4, -0.2) is 56.8 Å². The van der Waals surface area contributed by atoms with Crippen LogP contribution in [0.15, 0.2) is 24.7 Å². The van der Waals surface area contributed by atoms with Gasteiger partial charge in [-0.1, -0.05) is 13.8 Å². The van der Waals surface area contributed by atoms with Gasteiger partial charge in [0.2, 0.25) is 0 Å². The van der Waals surface area contributed by atoms with Crippen molar-refractivity contribution in [1.29, 1.82) is 0 Å². The van der Waals surface area contributed by atoms with E-state index in [4.69, 9.17) is 4.98 Å². The predicted molar refractivity (Wildman–Crippen MR) is 105 cm³/mol. The van der Waals surface area contributed by atoms with Crippen molar-refractivity contribution in [3.63, 3.8) is 0 Å². The van der Waals surface area contributed by atoms with Gasteiger partial charge in [-0.15, -0.1) is 0 Å². The molecule has 1 N–H and O–H groups in total. The van der Waals surface area contributed by atoms with E-state index in [1.54, 1.807) is 6.20 Å². The van der Waals surface area contributed by atoms with E-state index in [1.165, 1.54) is 11.4 Å². The Labute approximate surface area is 161 Å². The molecule has 2 aromatic rings. The second-order valence-electron chi connectivity index (χ2n) is 7.68. The van der Waals surface area contributed by atoms with Crippen molar-refractivity contribution in [2.45, 2.75) is 51.5 Å². The fourth-order valence-corrected chi connectivity index (χ4v) is 4.74. The number of imidazole rings is 1. The van der Waals surface area contributed by atoms with Crippen molar-refractivity contribution in [3.8, 4) is 0 Å². The van der Waals surface area contributed by atoms with E-state index in [0.717, 1.165) is 69.5 Å². The minimum Gasteiger partial charge on any atom is -0.348 e. The topological polar surface area (TPSA) is 65.1 Å². The highest BCUT2D eigenvalue weighted by Gasteiger charge is 2.46. The second-order valence-corrected chi connectivity index (χ2v) is 7.68. The number of pyridine rings is 1. The van der Waals surface area contributed by atoms with E-state index in [9.17, 15) is 4.79 Å². The van der Waals surface area contributed by atoms with Crippen molar-refractivity contribution in [1.82, 2.24) is 24.8 Å². The zero-order chi connectivity index (χ0) is 18.9. The van der Waals surface area contributed by atoms with Gasteiger partial charge >= 0.3 is 0 Å². The lowest BCUT2D eigenvalue weighted by Crippen LogP contribution is -2.57. The lowest BCUT2D eigenvalue weighted by molar-refractivity contribution is 0.00708. The number of H-pyrrole nitrogens is 1. The molecule has 2 aliphatic heterocycles. The molecule has 2 aromatic heterocycles. The monoisotopic (exact) mass is 367 g/mol. The molecule has 27 heavy (non-hydrogen) atoms. The Hall–Kier alpha value is -2.21. The molecule has 4 heterocycles. The number of hydrogen-bond donors (Lipinski definition) is 1. The van der Waals surface area contributed by atoms with Crippen molar-refractivity contribution < 1.29 is 4.79 Å². The van der Waals surface area contributed by atoms with Crippen LogP contribution in [0.4, 0.5) is 0 Å². The Bertz CT molecular complexity index is 806. The van der Waals surface area contributed by atoms with E-state index in [1.807, 2.05) is 23.4 Å². The first-order valence-corrected chi connectivity index (χ1v) is 10.2. The largest absolute Gasteiger partial charge is 0.348 e. The Kier molecular flexibility index (Phi) is 5.00. The van der Waals surface area contributed by atoms with Gasteiger partial charge in [0.25, 0.3) is 5.91 Å². The summed E-state index contributed by atoms with van der Waals surface area (Å²) in [5.41, 5.74) is 4.20. The number of piperidine rings is 1. The lowest BCUT2D eigenvalue weighted by Gasteiger charge is -2.50. The van der Waals surface area contributed by atoms with Gasteiger partial charge in [-0.3, -0.25) is 14.7 Å². The number of fused-ring (bicyclic) bond motifs is 2. The maximum atomic E-state index is 13.0. The highest BCUT2D eigenvalue weighted by atomic mass is 16.2. The predicted octanol–water partition coefficient (Wildman–Crippen LogP) is 2.77. The first kappa shape index (κ1) is 18.2. The number of carbonyl (C=O) groups excluding carboxylic acids is 1. The highest BCUT2D eigenvalue weighted by Crippen LogP contribution is 2.42. The lowest BCUT2D eigenvalue weighted by atomic mass is 9.78. The van der Waals surface area contributed by atoms with E-state index < -0.39 is 0 Å². The van der Waals surface area contributed by atoms with Crippen LogP contribution in [0.3, 0.4) is 0 Å². The second kappa shape index (κ2) is 7.43. The van der Waals surface area contributed by atoms with Crippen LogP contribution >= 0.6 is 0 Å². The summed E-state index contributed by atoms with van der Waals surface area (Å²) >= 11 is 0. The zero-order valence-electron chi connectivity index (χ0n) is 16.4. The van der Waals surface area contributed by atoms with Crippen molar-refractivity contribution in [2.24, 2.45) is 0 Å². The summed E-state index contributed by atoms with van der Waals surface area (Å²) in [6.07, 6.45) is 8.50. The van der Waals surface area contributed by atoms with Crippen LogP contribution in [0.25, 0.3) is 0 Å². The van der Waals surface area contributed by atoms with Gasteiger partial charge in [0.1, 0.15) is 0 Å². The number of likely N-dealkylation sites (tertiary alicyclic amines) is 1. The first-order chi connectivity index (χ1) is 13.2. The standard InChI is InChI=1S/C21H29N5O/c1-3-10-26-11-6-18-19(24-15-23-18)21(26)7-12-25(13-8-21)20(27)16-5-9-22-17(4-2)14-16/h5,9,14-15H,3-4,6-8,10-13H2,1-2H3,(H,23,24). The summed E-state index contributed by atoms with van der Waals surface area (Å²) in [4.78, 5) is 30.0. The number of hydrogen-bond acceptors (Lipinski definition) is 4. The van der Waals surface area contributed by atoms with Crippen LogP contribution in [-0.2, 0) is 18.4 Å². The molecule has 4 rings (SSSR count). The van der Waals surface area contributed by atoms with E-state index in [-0.39, 0.29) is 11.4 Å². The van der Waals surface area contributed by atoms with Gasteiger partial charge in [-0.05, 0) is 44.4 Å². The van der Waals surface area contributed by atoms with Gasteiger partial charge in [0, 0.05) is 49.2 Å². The average molecular weight is 367 g/mol. The fraction of sp³-hybridized carbons (Fsp3) is 0.571. The molecule has 1 spiro atoms. The summed E-state index contributed by atoms with van der Waals surface area (Å²) in [6, 6.07) is 3.77. The molecule has 144 valence electrons. The summed E-state index contributed by atoms with van der Waals surface area (Å²) in [6.45, 7) is 8.01. The normalized spacial score (nSPS) is 19.3. The zero-order valence-corrected chi connectivity index (χ0v) is 16.4. The summed E-state index contributed by atoms with van der Waals surface area (Å²) < 4.78 is 0. The van der Waals surface area contributed by atoms with Crippen molar-refractivity contribution in [3.05, 3.63) is 47.3 Å². The number of aromatic amines is 1. The summed E-state index contributed by atoms with van der Waals surface area (Å²) in [5.74, 6) is 0.127. The summed E-state index contributed by atoms with van der Waals surface area (Å²) in [5, 5.41) is 0. The van der Waals surface area contributed by atoms with Gasteiger partial charge < -0.3 is 9.88 Å². The van der Waals surface area contributed by atoms with Crippen LogP contribution in [0.5, 0.6) is 0 Å². The van der Waals surface area contributed by atoms with Crippen LogP contribution in [0.1, 0.15) is 60.5 Å². The van der Waals surface area contributed by atoms with E-state index >= 15 is 0 Å². The molecule has 0 saturated carbocycles. The number of aromatic nitrogens is 3. The third-order valence-corrected chi connectivity index (χ3v) is 6.19. The van der Waals surface area contributed by atoms with Crippen molar-refractivity contribution >= 4 is 5.91 Å². The van der Waals surface area contributed by atoms with Gasteiger partial charge in [-0.25, -0.2) is 4.98 Å². The van der Waals surface area contributed by atoms with E-state index in [0.29, 0.717) is 0 Å². The fourth-order valence-electron chi connectivity index (χ4n) is 4.74. The SMILES string of the molecule is CCCN1CCc2[nH]cnc2C12CCN(C(=O)c1ccnc(CC)c1)CC2. The minimum absolute atomic E-state index is 0.0206. The molecule has 6 heteroatoms. The van der Waals surface area contributed by atoms with Gasteiger partial charge in [0.05, 0.1) is 17.6 Å². The minimum atomic E-state index is -0.0206. The molecule has 2 aliphatic rings. The molecule has 1 fully saturated rings. The Morgan fingerprint density at radius 2 is 2.04 bits per heavy atom. The number of aryl methyl sites for hydroxylation is 1. The van der Waals surface area contributed by atoms with Crippen LogP contribution < -0.4 is 0 Å². The first-order valence-electron chi connectivity index (χ1n) is 10.2. The molecule has 0 bridgehead atoms. The molecular formula is C21H29N5O. The Balaban J connectivity index is 1.54. The molecule has 0 aromatic carbocycles. The Morgan fingerprint density at radius 1 is 1.22 bits per heavy atom. The smallest absolute Gasteiger partial charge is 0.253 e. The van der Waals surface area contributed by atoms with E-state index in [2.05, 4.69) is 28.7 Å². The maximum absolute atomic E-state index is 13.0. The van der Waals surface area contributed by atoms with Crippen LogP contribution in [0.2, 0.25) is 0 Å². The van der Waals surface area contributed by atoms with Gasteiger partial charge in [0.15, 0.2) is 0 Å². The third-order valence-electron chi connectivity index (χ3n) is 6.19. The highest BCUT2D eigenvalue weighted by molar-refractivity contribution is 5.94. The molecule has 0 radical (unpaired) electrons. The molecular weight excluding hydrogens is 338 g/mol. The maximum Gasteiger partial charge on any atom is 0.253 e. The quantitative estimate of drug-likeness (QED) is 0.902. The molecule has 6 nitrogen and oxygen atoms in total.